The third-order valence-electron chi connectivity index (χ3n) is 2.01. The Labute approximate surface area is 80.5 Å². The number of unbranched alkanes of at least 4 members (excludes halogenated alkanes) is 1. The van der Waals surface area contributed by atoms with E-state index in [-0.39, 0.29) is 0 Å². The van der Waals surface area contributed by atoms with Crippen LogP contribution in [0.5, 0.6) is 0 Å². The summed E-state index contributed by atoms with van der Waals surface area (Å²) in [6, 6.07) is 4.11. The molecule has 0 bridgehead atoms. The summed E-state index contributed by atoms with van der Waals surface area (Å²) in [5.41, 5.74) is 0. The summed E-state index contributed by atoms with van der Waals surface area (Å²) < 4.78 is 7.64. The van der Waals surface area contributed by atoms with Crippen LogP contribution in [0.1, 0.15) is 26.2 Å². The van der Waals surface area contributed by atoms with E-state index < -0.39 is 0 Å². The van der Waals surface area contributed by atoms with Crippen LogP contribution >= 0.6 is 0 Å². The summed E-state index contributed by atoms with van der Waals surface area (Å²) in [6.07, 6.45) is 7.69. The largest absolute Gasteiger partial charge is 0.381 e. The smallest absolute Gasteiger partial charge is 0.0483 e. The van der Waals surface area contributed by atoms with Gasteiger partial charge in [0.05, 0.1) is 0 Å². The Bertz CT molecular complexity index is 194. The lowest BCUT2D eigenvalue weighted by molar-refractivity contribution is 0.126. The molecule has 0 saturated carbocycles. The molecular weight excluding hydrogens is 162 g/mol. The molecule has 0 atom stereocenters. The van der Waals surface area contributed by atoms with Crippen LogP contribution in [0.4, 0.5) is 0 Å². The van der Waals surface area contributed by atoms with Crippen LogP contribution in [-0.4, -0.2) is 17.8 Å². The van der Waals surface area contributed by atoms with E-state index in [4.69, 9.17) is 4.74 Å². The Morgan fingerprint density at radius 3 is 2.46 bits per heavy atom. The molecule has 0 amide bonds. The van der Waals surface area contributed by atoms with Crippen LogP contribution in [0.25, 0.3) is 0 Å². The number of aromatic nitrogens is 1. The first kappa shape index (κ1) is 10.3. The SMILES string of the molecule is CCCCOCCCn1cccc1. The lowest BCUT2D eigenvalue weighted by Gasteiger charge is -2.04. The maximum absolute atomic E-state index is 5.46. The molecule has 0 aliphatic carbocycles. The average molecular weight is 181 g/mol. The van der Waals surface area contributed by atoms with Gasteiger partial charge in [-0.2, -0.15) is 0 Å². The van der Waals surface area contributed by atoms with E-state index in [2.05, 4.69) is 36.0 Å². The van der Waals surface area contributed by atoms with Gasteiger partial charge in [-0.25, -0.2) is 0 Å². The fraction of sp³-hybridized carbons (Fsp3) is 0.636. The van der Waals surface area contributed by atoms with Crippen LogP contribution in [0.15, 0.2) is 24.5 Å². The first-order valence-electron chi connectivity index (χ1n) is 5.12. The molecule has 0 aromatic carbocycles. The van der Waals surface area contributed by atoms with Gasteiger partial charge in [0, 0.05) is 32.2 Å². The number of nitrogens with zero attached hydrogens (tertiary/aromatic N) is 1. The van der Waals surface area contributed by atoms with Crippen molar-refractivity contribution in [3.8, 4) is 0 Å². The first-order chi connectivity index (χ1) is 6.43. The molecule has 1 aromatic heterocycles. The number of hydrogen-bond acceptors (Lipinski definition) is 1. The topological polar surface area (TPSA) is 14.2 Å². The zero-order valence-corrected chi connectivity index (χ0v) is 8.41. The van der Waals surface area contributed by atoms with E-state index >= 15 is 0 Å². The zero-order valence-electron chi connectivity index (χ0n) is 8.41. The highest BCUT2D eigenvalue weighted by atomic mass is 16.5. The van der Waals surface area contributed by atoms with E-state index in [0.717, 1.165) is 26.2 Å². The van der Waals surface area contributed by atoms with Crippen molar-refractivity contribution in [2.24, 2.45) is 0 Å². The molecule has 0 radical (unpaired) electrons. The molecule has 0 spiro atoms. The van der Waals surface area contributed by atoms with Crippen LogP contribution in [0.2, 0.25) is 0 Å². The van der Waals surface area contributed by atoms with Gasteiger partial charge >= 0.3 is 0 Å². The van der Waals surface area contributed by atoms with E-state index in [1.807, 2.05) is 0 Å². The summed E-state index contributed by atoms with van der Waals surface area (Å²) in [5, 5.41) is 0. The molecular formula is C11H19NO. The maximum Gasteiger partial charge on any atom is 0.0483 e. The summed E-state index contributed by atoms with van der Waals surface area (Å²) in [6.45, 7) is 5.06. The van der Waals surface area contributed by atoms with Gasteiger partial charge in [-0.05, 0) is 25.0 Å². The van der Waals surface area contributed by atoms with Crippen molar-refractivity contribution in [3.05, 3.63) is 24.5 Å². The quantitative estimate of drug-likeness (QED) is 0.590. The van der Waals surface area contributed by atoms with Crippen molar-refractivity contribution >= 4 is 0 Å². The molecule has 13 heavy (non-hydrogen) atoms. The van der Waals surface area contributed by atoms with E-state index in [1.54, 1.807) is 0 Å². The monoisotopic (exact) mass is 181 g/mol. The lowest BCUT2D eigenvalue weighted by Crippen LogP contribution is -2.01. The molecule has 1 heterocycles. The molecule has 1 aromatic rings. The van der Waals surface area contributed by atoms with Gasteiger partial charge in [0.25, 0.3) is 0 Å². The zero-order chi connectivity index (χ0) is 9.36. The predicted octanol–water partition coefficient (Wildman–Crippen LogP) is 2.69. The van der Waals surface area contributed by atoms with E-state index in [1.165, 1.54) is 12.8 Å². The van der Waals surface area contributed by atoms with Gasteiger partial charge in [-0.3, -0.25) is 0 Å². The van der Waals surface area contributed by atoms with Crippen LogP contribution in [-0.2, 0) is 11.3 Å². The van der Waals surface area contributed by atoms with E-state index in [0.29, 0.717) is 0 Å². The van der Waals surface area contributed by atoms with Gasteiger partial charge in [0.1, 0.15) is 0 Å². The Hall–Kier alpha value is -0.760. The number of hydrogen-bond donors (Lipinski definition) is 0. The molecule has 74 valence electrons. The second-order valence-electron chi connectivity index (χ2n) is 3.24. The van der Waals surface area contributed by atoms with Crippen LogP contribution < -0.4 is 0 Å². The fourth-order valence-corrected chi connectivity index (χ4v) is 1.22. The molecule has 1 rings (SSSR count). The molecule has 0 saturated heterocycles. The highest BCUT2D eigenvalue weighted by Crippen LogP contribution is 1.94. The van der Waals surface area contributed by atoms with Gasteiger partial charge < -0.3 is 9.30 Å². The molecule has 0 unspecified atom stereocenters. The van der Waals surface area contributed by atoms with Crippen molar-refractivity contribution < 1.29 is 4.74 Å². The highest BCUT2D eigenvalue weighted by molar-refractivity contribution is 4.89. The van der Waals surface area contributed by atoms with E-state index in [9.17, 15) is 0 Å². The van der Waals surface area contributed by atoms with Gasteiger partial charge in [0.2, 0.25) is 0 Å². The molecule has 0 aliphatic rings. The van der Waals surface area contributed by atoms with Gasteiger partial charge in [-0.15, -0.1) is 0 Å². The molecule has 2 nitrogen and oxygen atoms in total. The Balaban J connectivity index is 1.90. The summed E-state index contributed by atoms with van der Waals surface area (Å²) in [5.74, 6) is 0. The average Bonchev–Trinajstić information content (AvgIpc) is 2.63. The minimum Gasteiger partial charge on any atom is -0.381 e. The second-order valence-corrected chi connectivity index (χ2v) is 3.24. The van der Waals surface area contributed by atoms with Crippen molar-refractivity contribution in [1.82, 2.24) is 4.57 Å². The normalized spacial score (nSPS) is 10.5. The van der Waals surface area contributed by atoms with Gasteiger partial charge in [-0.1, -0.05) is 13.3 Å². The molecule has 2 heteroatoms. The molecule has 0 N–H and O–H groups in total. The molecule has 0 fully saturated rings. The van der Waals surface area contributed by atoms with Crippen molar-refractivity contribution in [1.29, 1.82) is 0 Å². The van der Waals surface area contributed by atoms with Gasteiger partial charge in [0.15, 0.2) is 0 Å². The fourth-order valence-electron chi connectivity index (χ4n) is 1.22. The van der Waals surface area contributed by atoms with Crippen molar-refractivity contribution in [2.45, 2.75) is 32.7 Å². The number of aryl methyl sites for hydroxylation is 1. The van der Waals surface area contributed by atoms with Crippen LogP contribution in [0.3, 0.4) is 0 Å². The van der Waals surface area contributed by atoms with Crippen molar-refractivity contribution in [2.75, 3.05) is 13.2 Å². The minimum atomic E-state index is 0.887. The number of ether oxygens (including phenoxy) is 1. The maximum atomic E-state index is 5.46. The van der Waals surface area contributed by atoms with Crippen molar-refractivity contribution in [3.63, 3.8) is 0 Å². The van der Waals surface area contributed by atoms with Crippen LogP contribution in [0, 0.1) is 0 Å². The highest BCUT2D eigenvalue weighted by Gasteiger charge is 1.90. The predicted molar refractivity (Wildman–Crippen MR) is 54.8 cm³/mol. The standard InChI is InChI=1S/C11H19NO/c1-2-3-10-13-11-6-9-12-7-4-5-8-12/h4-5,7-8H,2-3,6,9-11H2,1H3. The second kappa shape index (κ2) is 6.72. The Morgan fingerprint density at radius 1 is 1.08 bits per heavy atom. The third kappa shape index (κ3) is 4.73. The lowest BCUT2D eigenvalue weighted by atomic mass is 10.4. The first-order valence-corrected chi connectivity index (χ1v) is 5.12. The summed E-state index contributed by atoms with van der Waals surface area (Å²) in [7, 11) is 0. The Kier molecular flexibility index (Phi) is 5.34. The minimum absolute atomic E-state index is 0.887. The third-order valence-corrected chi connectivity index (χ3v) is 2.01. The summed E-state index contributed by atoms with van der Waals surface area (Å²) in [4.78, 5) is 0. The molecule has 0 aliphatic heterocycles. The summed E-state index contributed by atoms with van der Waals surface area (Å²) >= 11 is 0. The Morgan fingerprint density at radius 2 is 1.77 bits per heavy atom. The number of rotatable bonds is 7.